The van der Waals surface area contributed by atoms with Crippen molar-refractivity contribution in [2.75, 3.05) is 13.1 Å². The highest BCUT2D eigenvalue weighted by Crippen LogP contribution is 2.38. The van der Waals surface area contributed by atoms with E-state index in [1.165, 1.54) is 6.42 Å². The van der Waals surface area contributed by atoms with Crippen molar-refractivity contribution in [2.45, 2.75) is 46.1 Å². The van der Waals surface area contributed by atoms with Crippen molar-refractivity contribution in [3.63, 3.8) is 0 Å². The predicted octanol–water partition coefficient (Wildman–Crippen LogP) is 2.63. The number of nitrogens with two attached hydrogens (primary N) is 1. The molecule has 1 aromatic carbocycles. The Labute approximate surface area is 157 Å². The van der Waals surface area contributed by atoms with Crippen molar-refractivity contribution in [3.05, 3.63) is 35.9 Å². The fourth-order valence-corrected chi connectivity index (χ4v) is 4.03. The largest absolute Gasteiger partial charge is 0.353 e. The number of hydrogen-bond donors (Lipinski definition) is 3. The minimum Gasteiger partial charge on any atom is -0.353 e. The van der Waals surface area contributed by atoms with Crippen molar-refractivity contribution < 1.29 is 9.59 Å². The van der Waals surface area contributed by atoms with E-state index in [1.54, 1.807) is 0 Å². The van der Waals surface area contributed by atoms with Crippen LogP contribution in [0.4, 0.5) is 0 Å². The van der Waals surface area contributed by atoms with Gasteiger partial charge in [-0.3, -0.25) is 9.59 Å². The molecule has 5 heteroatoms. The van der Waals surface area contributed by atoms with Crippen LogP contribution < -0.4 is 16.4 Å². The summed E-state index contributed by atoms with van der Waals surface area (Å²) in [7, 11) is 0. The first kappa shape index (κ1) is 20.4. The van der Waals surface area contributed by atoms with Gasteiger partial charge in [0, 0.05) is 12.5 Å². The smallest absolute Gasteiger partial charge is 0.234 e. The van der Waals surface area contributed by atoms with Gasteiger partial charge in [0.25, 0.3) is 0 Å². The van der Waals surface area contributed by atoms with Gasteiger partial charge in [-0.25, -0.2) is 0 Å². The van der Waals surface area contributed by atoms with E-state index >= 15 is 0 Å². The van der Waals surface area contributed by atoms with Gasteiger partial charge in [-0.2, -0.15) is 0 Å². The lowest BCUT2D eigenvalue weighted by Crippen LogP contribution is -2.44. The number of amides is 2. The molecule has 0 aliphatic heterocycles. The van der Waals surface area contributed by atoms with E-state index < -0.39 is 0 Å². The molecule has 1 aliphatic rings. The van der Waals surface area contributed by atoms with Crippen molar-refractivity contribution in [1.29, 1.82) is 0 Å². The fourth-order valence-electron chi connectivity index (χ4n) is 4.03. The SMILES string of the molecule is CC1CC[C@@H](C(C)C)[C@H](C(=O)NCC(NC(=O)CN)c2ccccc2)C1. The molecule has 144 valence electrons. The second kappa shape index (κ2) is 9.72. The summed E-state index contributed by atoms with van der Waals surface area (Å²) >= 11 is 0. The molecule has 0 aromatic heterocycles. The lowest BCUT2D eigenvalue weighted by molar-refractivity contribution is -0.129. The molecule has 4 N–H and O–H groups in total. The van der Waals surface area contributed by atoms with E-state index in [4.69, 9.17) is 5.73 Å². The topological polar surface area (TPSA) is 84.2 Å². The number of carbonyl (C=O) groups excluding carboxylic acids is 2. The number of hydrogen-bond acceptors (Lipinski definition) is 3. The minimum atomic E-state index is -0.269. The van der Waals surface area contributed by atoms with Crippen LogP contribution in [0.15, 0.2) is 30.3 Å². The maximum absolute atomic E-state index is 12.9. The van der Waals surface area contributed by atoms with Crippen LogP contribution in [0.2, 0.25) is 0 Å². The zero-order chi connectivity index (χ0) is 19.1. The molecule has 5 nitrogen and oxygen atoms in total. The molecule has 0 saturated heterocycles. The number of carbonyl (C=O) groups is 2. The average Bonchev–Trinajstić information content (AvgIpc) is 2.64. The van der Waals surface area contributed by atoms with Gasteiger partial charge in [-0.05, 0) is 36.2 Å². The summed E-state index contributed by atoms with van der Waals surface area (Å²) < 4.78 is 0. The lowest BCUT2D eigenvalue weighted by atomic mass is 9.70. The third kappa shape index (κ3) is 5.56. The highest BCUT2D eigenvalue weighted by atomic mass is 16.2. The first-order chi connectivity index (χ1) is 12.4. The van der Waals surface area contributed by atoms with Crippen molar-refractivity contribution in [1.82, 2.24) is 10.6 Å². The van der Waals surface area contributed by atoms with E-state index in [1.807, 2.05) is 30.3 Å². The Hall–Kier alpha value is -1.88. The van der Waals surface area contributed by atoms with Crippen molar-refractivity contribution >= 4 is 11.8 Å². The van der Waals surface area contributed by atoms with Crippen LogP contribution in [0.5, 0.6) is 0 Å². The standard InChI is InChI=1S/C21H33N3O2/c1-14(2)17-10-9-15(3)11-18(17)21(26)23-13-19(24-20(25)12-22)16-7-5-4-6-8-16/h4-8,14-15,17-19H,9-13,22H2,1-3H3,(H,23,26)(H,24,25)/t15?,17-,18+,19?/m0/s1. The zero-order valence-corrected chi connectivity index (χ0v) is 16.2. The fraction of sp³-hybridized carbons (Fsp3) is 0.619. The molecule has 4 atom stereocenters. The summed E-state index contributed by atoms with van der Waals surface area (Å²) in [6, 6.07) is 9.42. The van der Waals surface area contributed by atoms with Crippen molar-refractivity contribution in [2.24, 2.45) is 29.4 Å². The van der Waals surface area contributed by atoms with Gasteiger partial charge in [-0.15, -0.1) is 0 Å². The monoisotopic (exact) mass is 359 g/mol. The molecule has 0 radical (unpaired) electrons. The summed E-state index contributed by atoms with van der Waals surface area (Å²) in [6.45, 7) is 6.95. The third-order valence-electron chi connectivity index (χ3n) is 5.56. The van der Waals surface area contributed by atoms with Gasteiger partial charge in [0.15, 0.2) is 0 Å². The number of benzene rings is 1. The first-order valence-corrected chi connectivity index (χ1v) is 9.74. The quantitative estimate of drug-likeness (QED) is 0.700. The van der Waals surface area contributed by atoms with Crippen LogP contribution in [-0.4, -0.2) is 24.9 Å². The summed E-state index contributed by atoms with van der Waals surface area (Å²) in [5, 5.41) is 6.00. The molecular weight excluding hydrogens is 326 g/mol. The molecule has 2 unspecified atom stereocenters. The van der Waals surface area contributed by atoms with Gasteiger partial charge in [0.05, 0.1) is 12.6 Å². The summed E-state index contributed by atoms with van der Waals surface area (Å²) in [6.07, 6.45) is 3.26. The molecule has 1 aliphatic carbocycles. The molecular formula is C21H33N3O2. The molecule has 1 fully saturated rings. The summed E-state index contributed by atoms with van der Waals surface area (Å²) in [5.74, 6) is 1.46. The van der Waals surface area contributed by atoms with Gasteiger partial charge in [-0.1, -0.05) is 57.5 Å². The molecule has 26 heavy (non-hydrogen) atoms. The Balaban J connectivity index is 2.04. The molecule has 2 rings (SSSR count). The van der Waals surface area contributed by atoms with Gasteiger partial charge >= 0.3 is 0 Å². The van der Waals surface area contributed by atoms with E-state index in [2.05, 4.69) is 31.4 Å². The first-order valence-electron chi connectivity index (χ1n) is 9.74. The van der Waals surface area contributed by atoms with Crippen LogP contribution in [0, 0.1) is 23.7 Å². The molecule has 0 heterocycles. The van der Waals surface area contributed by atoms with Crippen molar-refractivity contribution in [3.8, 4) is 0 Å². The maximum atomic E-state index is 12.9. The zero-order valence-electron chi connectivity index (χ0n) is 16.2. The normalized spacial score (nSPS) is 24.1. The van der Waals surface area contributed by atoms with Gasteiger partial charge < -0.3 is 16.4 Å². The van der Waals surface area contributed by atoms with Gasteiger partial charge in [0.1, 0.15) is 0 Å². The number of nitrogens with one attached hydrogen (secondary N) is 2. The second-order valence-electron chi connectivity index (χ2n) is 7.91. The van der Waals surface area contributed by atoms with Crippen LogP contribution in [0.1, 0.15) is 51.6 Å². The predicted molar refractivity (Wildman–Crippen MR) is 104 cm³/mol. The van der Waals surface area contributed by atoms with E-state index in [9.17, 15) is 9.59 Å². The van der Waals surface area contributed by atoms with Crippen LogP contribution >= 0.6 is 0 Å². The van der Waals surface area contributed by atoms with Gasteiger partial charge in [0.2, 0.25) is 11.8 Å². The lowest BCUT2D eigenvalue weighted by Gasteiger charge is -2.36. The maximum Gasteiger partial charge on any atom is 0.234 e. The molecule has 2 amide bonds. The average molecular weight is 360 g/mol. The Kier molecular flexibility index (Phi) is 7.64. The van der Waals surface area contributed by atoms with Crippen LogP contribution in [-0.2, 0) is 9.59 Å². The third-order valence-corrected chi connectivity index (χ3v) is 5.56. The Bertz CT molecular complexity index is 588. The molecule has 1 saturated carbocycles. The number of rotatable bonds is 7. The Morgan fingerprint density at radius 1 is 1.19 bits per heavy atom. The highest BCUT2D eigenvalue weighted by molar-refractivity contribution is 5.80. The molecule has 0 spiro atoms. The van der Waals surface area contributed by atoms with Crippen LogP contribution in [0.25, 0.3) is 0 Å². The molecule has 1 aromatic rings. The Morgan fingerprint density at radius 2 is 1.88 bits per heavy atom. The Morgan fingerprint density at radius 3 is 2.50 bits per heavy atom. The van der Waals surface area contributed by atoms with Crippen LogP contribution in [0.3, 0.4) is 0 Å². The van der Waals surface area contributed by atoms with E-state index in [0.717, 1.165) is 18.4 Å². The second-order valence-corrected chi connectivity index (χ2v) is 7.91. The summed E-state index contributed by atoms with van der Waals surface area (Å²) in [4.78, 5) is 24.7. The molecule has 0 bridgehead atoms. The highest BCUT2D eigenvalue weighted by Gasteiger charge is 2.35. The van der Waals surface area contributed by atoms with E-state index in [-0.39, 0.29) is 30.3 Å². The summed E-state index contributed by atoms with van der Waals surface area (Å²) in [5.41, 5.74) is 6.40. The van der Waals surface area contributed by atoms with E-state index in [0.29, 0.717) is 24.3 Å². The minimum absolute atomic E-state index is 0.0559.